The van der Waals surface area contributed by atoms with Crippen LogP contribution < -0.4 is 9.80 Å². The Morgan fingerprint density at radius 1 is 0.276 bits per heavy atom. The van der Waals surface area contributed by atoms with E-state index in [2.05, 4.69) is 251 Å². The molecule has 0 bridgehead atoms. The Morgan fingerprint density at radius 3 is 1.19 bits per heavy atom. The Balaban J connectivity index is 1.26. The fraction of sp³-hybridized carbons (Fsp3) is 0.0182. The first-order chi connectivity index (χ1) is 28.8. The molecule has 274 valence electrons. The van der Waals surface area contributed by atoms with Gasteiger partial charge in [-0.15, -0.1) is 0 Å². The molecule has 58 heavy (non-hydrogen) atoms. The summed E-state index contributed by atoms with van der Waals surface area (Å²) in [6, 6.07) is 86.1. The second-order valence-electron chi connectivity index (χ2n) is 15.0. The van der Waals surface area contributed by atoms with Gasteiger partial charge in [-0.2, -0.15) is 0 Å². The van der Waals surface area contributed by atoms with Crippen molar-refractivity contribution in [1.29, 1.82) is 0 Å². The normalized spacial score (nSPS) is 13.2. The highest BCUT2D eigenvalue weighted by atomic mass is 15.5. The standard InChI is InChI=1S/C55H39N3/c1-5-19-40(20-6-1)42-23-17-29-47(37-42)57-53-36-35-46(56-51-33-15-13-31-49(51)50-32-14-16-34-52(50)56)39-54(53)58(48-30-18-24-43(38-48)41-21-7-2-8-22-41)55(57,44-25-9-3-10-26-44)45-27-11-4-12-28-45/h1-39H. The molecule has 11 rings (SSSR count). The Hall–Kier alpha value is -7.62. The molecule has 1 aromatic heterocycles. The summed E-state index contributed by atoms with van der Waals surface area (Å²) in [6.45, 7) is 0. The highest BCUT2D eigenvalue weighted by Crippen LogP contribution is 2.60. The van der Waals surface area contributed by atoms with E-state index in [1.807, 2.05) is 0 Å². The van der Waals surface area contributed by atoms with Crippen molar-refractivity contribution in [2.24, 2.45) is 0 Å². The van der Waals surface area contributed by atoms with Crippen LogP contribution in [-0.4, -0.2) is 4.57 Å². The number of rotatable bonds is 7. The van der Waals surface area contributed by atoms with Gasteiger partial charge in [-0.25, -0.2) is 0 Å². The monoisotopic (exact) mass is 741 g/mol. The summed E-state index contributed by atoms with van der Waals surface area (Å²) < 4.78 is 2.43. The van der Waals surface area contributed by atoms with Crippen molar-refractivity contribution in [2.45, 2.75) is 5.66 Å². The second kappa shape index (κ2) is 13.8. The average molecular weight is 742 g/mol. The molecular formula is C55H39N3. The van der Waals surface area contributed by atoms with E-state index in [9.17, 15) is 0 Å². The van der Waals surface area contributed by atoms with Gasteiger partial charge in [-0.3, -0.25) is 0 Å². The van der Waals surface area contributed by atoms with E-state index >= 15 is 0 Å². The van der Waals surface area contributed by atoms with Crippen molar-refractivity contribution in [2.75, 3.05) is 9.80 Å². The van der Waals surface area contributed by atoms with Crippen LogP contribution in [0.5, 0.6) is 0 Å². The lowest BCUT2D eigenvalue weighted by Gasteiger charge is -2.47. The summed E-state index contributed by atoms with van der Waals surface area (Å²) in [4.78, 5) is 5.16. The van der Waals surface area contributed by atoms with Crippen LogP contribution in [-0.2, 0) is 5.66 Å². The smallest absolute Gasteiger partial charge is 0.175 e. The zero-order valence-electron chi connectivity index (χ0n) is 31.9. The number of hydrogen-bond donors (Lipinski definition) is 0. The number of para-hydroxylation sites is 2. The Bertz CT molecular complexity index is 2970. The van der Waals surface area contributed by atoms with Gasteiger partial charge < -0.3 is 14.4 Å². The first-order valence-corrected chi connectivity index (χ1v) is 19.9. The first-order valence-electron chi connectivity index (χ1n) is 19.9. The predicted molar refractivity (Wildman–Crippen MR) is 242 cm³/mol. The van der Waals surface area contributed by atoms with Crippen molar-refractivity contribution in [1.82, 2.24) is 4.57 Å². The summed E-state index contributed by atoms with van der Waals surface area (Å²) >= 11 is 0. The number of anilines is 4. The minimum atomic E-state index is -0.838. The average Bonchev–Trinajstić information content (AvgIpc) is 3.81. The zero-order valence-corrected chi connectivity index (χ0v) is 31.9. The Morgan fingerprint density at radius 2 is 0.690 bits per heavy atom. The minimum absolute atomic E-state index is 0.838. The second-order valence-corrected chi connectivity index (χ2v) is 15.0. The van der Waals surface area contributed by atoms with E-state index in [4.69, 9.17) is 0 Å². The van der Waals surface area contributed by atoms with Gasteiger partial charge in [0.2, 0.25) is 0 Å². The third-order valence-corrected chi connectivity index (χ3v) is 11.7. The summed E-state index contributed by atoms with van der Waals surface area (Å²) in [5.41, 5.74) is 14.1. The third-order valence-electron chi connectivity index (χ3n) is 11.7. The summed E-state index contributed by atoms with van der Waals surface area (Å²) in [5, 5.41) is 2.49. The molecule has 0 saturated heterocycles. The van der Waals surface area contributed by atoms with Gasteiger partial charge in [0, 0.05) is 39.0 Å². The molecule has 1 aliphatic heterocycles. The molecule has 3 heteroatoms. The molecule has 0 fully saturated rings. The molecule has 1 aliphatic rings. The van der Waals surface area contributed by atoms with Crippen molar-refractivity contribution >= 4 is 44.6 Å². The molecule has 0 spiro atoms. The lowest BCUT2D eigenvalue weighted by atomic mass is 9.87. The maximum atomic E-state index is 2.59. The fourth-order valence-electron chi connectivity index (χ4n) is 9.25. The largest absolute Gasteiger partial charge is 0.309 e. The van der Waals surface area contributed by atoms with Crippen molar-refractivity contribution < 1.29 is 0 Å². The van der Waals surface area contributed by atoms with Crippen LogP contribution in [0.15, 0.2) is 237 Å². The third kappa shape index (κ3) is 5.28. The number of nitrogens with zero attached hydrogens (tertiary/aromatic N) is 3. The molecule has 0 radical (unpaired) electrons. The minimum Gasteiger partial charge on any atom is -0.309 e. The van der Waals surface area contributed by atoms with Crippen molar-refractivity contribution in [3.05, 3.63) is 248 Å². The van der Waals surface area contributed by atoms with Crippen LogP contribution in [0.1, 0.15) is 11.1 Å². The number of benzene rings is 9. The van der Waals surface area contributed by atoms with E-state index in [-0.39, 0.29) is 0 Å². The van der Waals surface area contributed by atoms with Crippen LogP contribution in [0.25, 0.3) is 49.7 Å². The predicted octanol–water partition coefficient (Wildman–Crippen LogP) is 14.3. The molecule has 3 nitrogen and oxygen atoms in total. The zero-order chi connectivity index (χ0) is 38.5. The van der Waals surface area contributed by atoms with Crippen molar-refractivity contribution in [3.63, 3.8) is 0 Å². The van der Waals surface area contributed by atoms with Gasteiger partial charge >= 0.3 is 0 Å². The maximum Gasteiger partial charge on any atom is 0.175 e. The fourth-order valence-corrected chi connectivity index (χ4v) is 9.25. The van der Waals surface area contributed by atoms with Gasteiger partial charge in [0.05, 0.1) is 22.4 Å². The van der Waals surface area contributed by atoms with E-state index in [0.717, 1.165) is 45.1 Å². The maximum absolute atomic E-state index is 2.59. The Labute approximate surface area is 338 Å². The molecule has 0 aliphatic carbocycles. The van der Waals surface area contributed by atoms with Gasteiger partial charge in [0.15, 0.2) is 5.66 Å². The summed E-state index contributed by atoms with van der Waals surface area (Å²) in [7, 11) is 0. The Kier molecular flexibility index (Phi) is 8.04. The topological polar surface area (TPSA) is 11.4 Å². The number of aromatic nitrogens is 1. The highest BCUT2D eigenvalue weighted by Gasteiger charge is 2.54. The number of hydrogen-bond acceptors (Lipinski definition) is 2. The van der Waals surface area contributed by atoms with Crippen LogP contribution in [0, 0.1) is 0 Å². The lowest BCUT2D eigenvalue weighted by Crippen LogP contribution is -2.51. The van der Waals surface area contributed by atoms with Crippen LogP contribution in [0.2, 0.25) is 0 Å². The quantitative estimate of drug-likeness (QED) is 0.161. The number of fused-ring (bicyclic) bond motifs is 4. The summed E-state index contributed by atoms with van der Waals surface area (Å²) in [6.07, 6.45) is 0. The lowest BCUT2D eigenvalue weighted by molar-refractivity contribution is 0.560. The molecule has 0 unspecified atom stereocenters. The van der Waals surface area contributed by atoms with E-state index in [0.29, 0.717) is 0 Å². The molecule has 10 aromatic rings. The first kappa shape index (κ1) is 33.7. The van der Waals surface area contributed by atoms with Gasteiger partial charge in [0.1, 0.15) is 0 Å². The molecule has 0 saturated carbocycles. The molecule has 0 atom stereocenters. The highest BCUT2D eigenvalue weighted by molar-refractivity contribution is 6.09. The van der Waals surface area contributed by atoms with Crippen LogP contribution in [0.3, 0.4) is 0 Å². The summed E-state index contributed by atoms with van der Waals surface area (Å²) in [5.74, 6) is 0. The molecule has 0 N–H and O–H groups in total. The van der Waals surface area contributed by atoms with E-state index in [1.165, 1.54) is 38.5 Å². The van der Waals surface area contributed by atoms with Crippen LogP contribution >= 0.6 is 0 Å². The van der Waals surface area contributed by atoms with E-state index in [1.54, 1.807) is 0 Å². The van der Waals surface area contributed by atoms with E-state index < -0.39 is 5.66 Å². The van der Waals surface area contributed by atoms with Crippen molar-refractivity contribution in [3.8, 4) is 27.9 Å². The van der Waals surface area contributed by atoms with Crippen LogP contribution in [0.4, 0.5) is 22.7 Å². The van der Waals surface area contributed by atoms with Gasteiger partial charge in [-0.1, -0.05) is 182 Å². The SMILES string of the molecule is c1ccc(-c2cccc(N3c4ccc(-n5c6ccccc6c6ccccc65)cc4N(c4cccc(-c5ccccc5)c4)C3(c3ccccc3)c3ccccc3)c2)cc1. The molecule has 9 aromatic carbocycles. The van der Waals surface area contributed by atoms with Gasteiger partial charge in [0.25, 0.3) is 0 Å². The molecule has 0 amide bonds. The molecular weight excluding hydrogens is 703 g/mol. The van der Waals surface area contributed by atoms with Gasteiger partial charge in [-0.05, 0) is 76.9 Å². The molecule has 2 heterocycles.